The molecule has 0 aliphatic heterocycles. The molecule has 0 aromatic heterocycles. The quantitative estimate of drug-likeness (QED) is 0.645. The van der Waals surface area contributed by atoms with Gasteiger partial charge in [0.05, 0.1) is 0 Å². The van der Waals surface area contributed by atoms with Gasteiger partial charge in [0.2, 0.25) is 0 Å². The predicted molar refractivity (Wildman–Crippen MR) is 93.0 cm³/mol. The number of halogens is 3. The molecule has 0 bridgehead atoms. The highest BCUT2D eigenvalue weighted by atomic mass is 79.9. The third-order valence-electron chi connectivity index (χ3n) is 3.25. The van der Waals surface area contributed by atoms with Crippen molar-refractivity contribution in [2.24, 2.45) is 0 Å². The third-order valence-corrected chi connectivity index (χ3v) is 4.21. The standard InChI is InChI=1S/C17H18Br2FN/c1-2-6-21-17(13-4-3-5-14(18)10-13)9-12-7-15(19)11-16(20)8-12/h3-5,7-8,10-11,17,21H,2,6,9H2,1H3. The maximum Gasteiger partial charge on any atom is 0.124 e. The third kappa shape index (κ3) is 5.20. The first kappa shape index (κ1) is 16.7. The lowest BCUT2D eigenvalue weighted by Crippen LogP contribution is -2.24. The number of benzene rings is 2. The molecule has 0 aliphatic rings. The summed E-state index contributed by atoms with van der Waals surface area (Å²) >= 11 is 6.87. The molecule has 0 fully saturated rings. The van der Waals surface area contributed by atoms with Crippen molar-refractivity contribution in [2.75, 3.05) is 6.54 Å². The fraction of sp³-hybridized carbons (Fsp3) is 0.294. The summed E-state index contributed by atoms with van der Waals surface area (Å²) < 4.78 is 15.4. The summed E-state index contributed by atoms with van der Waals surface area (Å²) in [5.41, 5.74) is 2.19. The Kier molecular flexibility index (Phi) is 6.40. The van der Waals surface area contributed by atoms with Crippen LogP contribution in [-0.4, -0.2) is 6.54 Å². The van der Waals surface area contributed by atoms with Gasteiger partial charge in [-0.15, -0.1) is 0 Å². The van der Waals surface area contributed by atoms with Gasteiger partial charge in [-0.3, -0.25) is 0 Å². The molecular weight excluding hydrogens is 397 g/mol. The molecule has 1 unspecified atom stereocenters. The Morgan fingerprint density at radius 1 is 1.10 bits per heavy atom. The SMILES string of the molecule is CCCNC(Cc1cc(F)cc(Br)c1)c1cccc(Br)c1. The lowest BCUT2D eigenvalue weighted by Gasteiger charge is -2.20. The van der Waals surface area contributed by atoms with Gasteiger partial charge in [-0.2, -0.15) is 0 Å². The van der Waals surface area contributed by atoms with Crippen molar-refractivity contribution in [1.82, 2.24) is 5.32 Å². The van der Waals surface area contributed by atoms with E-state index in [1.54, 1.807) is 6.07 Å². The molecule has 0 aliphatic carbocycles. The average molecular weight is 415 g/mol. The van der Waals surface area contributed by atoms with Gasteiger partial charge in [-0.25, -0.2) is 4.39 Å². The summed E-state index contributed by atoms with van der Waals surface area (Å²) in [4.78, 5) is 0. The zero-order chi connectivity index (χ0) is 15.2. The van der Waals surface area contributed by atoms with E-state index >= 15 is 0 Å². The highest BCUT2D eigenvalue weighted by Crippen LogP contribution is 2.24. The second-order valence-electron chi connectivity index (χ2n) is 5.04. The molecule has 112 valence electrons. The smallest absolute Gasteiger partial charge is 0.124 e. The van der Waals surface area contributed by atoms with E-state index < -0.39 is 0 Å². The van der Waals surface area contributed by atoms with E-state index in [4.69, 9.17) is 0 Å². The first-order valence-electron chi connectivity index (χ1n) is 7.02. The average Bonchev–Trinajstić information content (AvgIpc) is 2.42. The lowest BCUT2D eigenvalue weighted by molar-refractivity contribution is 0.527. The summed E-state index contributed by atoms with van der Waals surface area (Å²) in [7, 11) is 0. The van der Waals surface area contributed by atoms with E-state index in [-0.39, 0.29) is 11.9 Å². The van der Waals surface area contributed by atoms with E-state index in [1.165, 1.54) is 11.6 Å². The monoisotopic (exact) mass is 413 g/mol. The van der Waals surface area contributed by atoms with Gasteiger partial charge in [-0.1, -0.05) is 50.9 Å². The molecule has 0 radical (unpaired) electrons. The molecular formula is C17H18Br2FN. The lowest BCUT2D eigenvalue weighted by atomic mass is 9.98. The topological polar surface area (TPSA) is 12.0 Å². The molecule has 1 nitrogen and oxygen atoms in total. The molecule has 1 atom stereocenters. The van der Waals surface area contributed by atoms with Gasteiger partial charge in [-0.05, 0) is 60.8 Å². The van der Waals surface area contributed by atoms with E-state index in [2.05, 4.69) is 56.2 Å². The fourth-order valence-electron chi connectivity index (χ4n) is 2.31. The maximum atomic E-state index is 13.5. The first-order valence-corrected chi connectivity index (χ1v) is 8.61. The van der Waals surface area contributed by atoms with Crippen LogP contribution in [0.3, 0.4) is 0 Å². The minimum atomic E-state index is -0.206. The highest BCUT2D eigenvalue weighted by molar-refractivity contribution is 9.10. The number of rotatable bonds is 6. The van der Waals surface area contributed by atoms with Crippen molar-refractivity contribution in [3.63, 3.8) is 0 Å². The number of hydrogen-bond donors (Lipinski definition) is 1. The van der Waals surface area contributed by atoms with Crippen molar-refractivity contribution in [2.45, 2.75) is 25.8 Å². The Morgan fingerprint density at radius 2 is 1.90 bits per heavy atom. The van der Waals surface area contributed by atoms with Gasteiger partial charge in [0.15, 0.2) is 0 Å². The molecule has 0 saturated heterocycles. The second-order valence-corrected chi connectivity index (χ2v) is 6.87. The number of nitrogens with one attached hydrogen (secondary N) is 1. The van der Waals surface area contributed by atoms with Crippen molar-refractivity contribution < 1.29 is 4.39 Å². The zero-order valence-electron chi connectivity index (χ0n) is 11.9. The molecule has 2 aromatic rings. The minimum absolute atomic E-state index is 0.177. The van der Waals surface area contributed by atoms with Gasteiger partial charge >= 0.3 is 0 Å². The maximum absolute atomic E-state index is 13.5. The Balaban J connectivity index is 2.23. The van der Waals surface area contributed by atoms with Crippen LogP contribution in [-0.2, 0) is 6.42 Å². The van der Waals surface area contributed by atoms with Crippen LogP contribution in [0, 0.1) is 5.82 Å². The molecule has 0 heterocycles. The number of hydrogen-bond acceptors (Lipinski definition) is 1. The van der Waals surface area contributed by atoms with Crippen molar-refractivity contribution >= 4 is 31.9 Å². The summed E-state index contributed by atoms with van der Waals surface area (Å²) in [6.07, 6.45) is 1.82. The summed E-state index contributed by atoms with van der Waals surface area (Å²) in [6.45, 7) is 3.08. The molecule has 0 spiro atoms. The summed E-state index contributed by atoms with van der Waals surface area (Å²) in [5, 5.41) is 3.54. The van der Waals surface area contributed by atoms with Crippen LogP contribution in [0.25, 0.3) is 0 Å². The summed E-state index contributed by atoms with van der Waals surface area (Å²) in [5.74, 6) is -0.206. The van der Waals surface area contributed by atoms with Crippen molar-refractivity contribution in [3.8, 4) is 0 Å². The summed E-state index contributed by atoms with van der Waals surface area (Å²) in [6, 6.07) is 13.5. The van der Waals surface area contributed by atoms with Gasteiger partial charge in [0, 0.05) is 15.0 Å². The van der Waals surface area contributed by atoms with Gasteiger partial charge < -0.3 is 5.32 Å². The predicted octanol–water partition coefficient (Wildman–Crippen LogP) is 5.63. The van der Waals surface area contributed by atoms with Gasteiger partial charge in [0.25, 0.3) is 0 Å². The largest absolute Gasteiger partial charge is 0.310 e. The fourth-order valence-corrected chi connectivity index (χ4v) is 3.24. The van der Waals surface area contributed by atoms with Crippen LogP contribution in [0.2, 0.25) is 0 Å². The molecule has 4 heteroatoms. The van der Waals surface area contributed by atoms with E-state index in [1.807, 2.05) is 18.2 Å². The van der Waals surface area contributed by atoms with Crippen LogP contribution in [0.1, 0.15) is 30.5 Å². The first-order chi connectivity index (χ1) is 10.1. The molecule has 21 heavy (non-hydrogen) atoms. The van der Waals surface area contributed by atoms with Gasteiger partial charge in [0.1, 0.15) is 5.82 Å². The highest BCUT2D eigenvalue weighted by Gasteiger charge is 2.13. The van der Waals surface area contributed by atoms with Crippen LogP contribution in [0.5, 0.6) is 0 Å². The molecule has 0 saturated carbocycles. The van der Waals surface area contributed by atoms with Crippen LogP contribution in [0.4, 0.5) is 4.39 Å². The molecule has 2 rings (SSSR count). The Hall–Kier alpha value is -0.710. The Bertz CT molecular complexity index is 581. The molecule has 0 amide bonds. The Morgan fingerprint density at radius 3 is 2.57 bits per heavy atom. The zero-order valence-corrected chi connectivity index (χ0v) is 15.0. The van der Waals surface area contributed by atoms with E-state index in [0.29, 0.717) is 0 Å². The van der Waals surface area contributed by atoms with Crippen molar-refractivity contribution in [3.05, 3.63) is 68.4 Å². The normalized spacial score (nSPS) is 12.4. The van der Waals surface area contributed by atoms with E-state index in [9.17, 15) is 4.39 Å². The van der Waals surface area contributed by atoms with Crippen molar-refractivity contribution in [1.29, 1.82) is 0 Å². The molecule has 1 N–H and O–H groups in total. The molecule has 2 aromatic carbocycles. The van der Waals surface area contributed by atoms with E-state index in [0.717, 1.165) is 33.9 Å². The van der Waals surface area contributed by atoms with Crippen LogP contribution < -0.4 is 5.32 Å². The van der Waals surface area contributed by atoms with Crippen LogP contribution >= 0.6 is 31.9 Å². The Labute approximate surface area is 142 Å². The second kappa shape index (κ2) is 8.06. The minimum Gasteiger partial charge on any atom is -0.310 e. The van der Waals surface area contributed by atoms with Crippen LogP contribution in [0.15, 0.2) is 51.4 Å².